The van der Waals surface area contributed by atoms with Crippen molar-refractivity contribution in [3.05, 3.63) is 57.2 Å². The van der Waals surface area contributed by atoms with Gasteiger partial charge in [0.2, 0.25) is 12.3 Å². The number of pyridine rings is 1. The third-order valence-electron chi connectivity index (χ3n) is 2.59. The fraction of sp³-hybridized carbons (Fsp3) is 0.143. The van der Waals surface area contributed by atoms with Crippen LogP contribution in [-0.4, -0.2) is 12.9 Å². The van der Waals surface area contributed by atoms with Gasteiger partial charge in [0.05, 0.1) is 16.1 Å². The molecule has 1 aromatic carbocycles. The maximum absolute atomic E-state index is 12.1. The minimum Gasteiger partial charge on any atom is -1.00 e. The molecule has 0 radical (unpaired) electrons. The Morgan fingerprint density at radius 1 is 1.15 bits per heavy atom. The Morgan fingerprint density at radius 2 is 1.70 bits per heavy atom. The van der Waals surface area contributed by atoms with Gasteiger partial charge in [-0.2, -0.15) is 4.57 Å². The van der Waals surface area contributed by atoms with E-state index in [0.29, 0.717) is 12.1 Å². The topological polar surface area (TPSA) is 30.2 Å². The highest BCUT2D eigenvalue weighted by molar-refractivity contribution is 9.11. The summed E-state index contributed by atoms with van der Waals surface area (Å²) in [6.07, 6.45) is 3.73. The van der Waals surface area contributed by atoms with E-state index >= 15 is 0 Å². The molecule has 0 bridgehead atoms. The number of halogens is 3. The standard InChI is InChI=1S/C14H12Br2NO2.BrH/c1-19-13-4-2-10(3-5-13)14(18)9-17-7-11(15)6-12(16)8-17;/h2-8H,9H2,1H3;1H/q+1;/p-1. The Kier molecular flexibility index (Phi) is 6.85. The summed E-state index contributed by atoms with van der Waals surface area (Å²) in [5.41, 5.74) is 0.671. The van der Waals surface area contributed by atoms with Gasteiger partial charge in [-0.25, -0.2) is 0 Å². The zero-order valence-corrected chi connectivity index (χ0v) is 15.4. The van der Waals surface area contributed by atoms with Crippen molar-refractivity contribution in [1.29, 1.82) is 0 Å². The first-order valence-electron chi connectivity index (χ1n) is 5.61. The fourth-order valence-electron chi connectivity index (χ4n) is 1.69. The predicted octanol–water partition coefficient (Wildman–Crippen LogP) is 0.395. The maximum atomic E-state index is 12.1. The minimum atomic E-state index is 0. The highest BCUT2D eigenvalue weighted by atomic mass is 79.9. The highest BCUT2D eigenvalue weighted by Crippen LogP contribution is 2.14. The lowest BCUT2D eigenvalue weighted by molar-refractivity contribution is -0.684. The smallest absolute Gasteiger partial charge is 0.227 e. The van der Waals surface area contributed by atoms with E-state index in [2.05, 4.69) is 31.9 Å². The van der Waals surface area contributed by atoms with Crippen molar-refractivity contribution in [3.63, 3.8) is 0 Å². The molecule has 0 atom stereocenters. The predicted molar refractivity (Wildman–Crippen MR) is 79.4 cm³/mol. The summed E-state index contributed by atoms with van der Waals surface area (Å²) in [5.74, 6) is 0.798. The Labute approximate surface area is 145 Å². The molecule has 1 heterocycles. The molecule has 0 saturated heterocycles. The second kappa shape index (κ2) is 7.90. The van der Waals surface area contributed by atoms with Crippen LogP contribution in [0.5, 0.6) is 5.75 Å². The van der Waals surface area contributed by atoms with Gasteiger partial charge in [-0.1, -0.05) is 0 Å². The van der Waals surface area contributed by atoms with Crippen molar-refractivity contribution in [2.24, 2.45) is 0 Å². The molecule has 3 nitrogen and oxygen atoms in total. The molecule has 0 aliphatic rings. The van der Waals surface area contributed by atoms with Crippen molar-refractivity contribution in [1.82, 2.24) is 0 Å². The first-order chi connectivity index (χ1) is 9.08. The SMILES string of the molecule is COc1ccc(C(=O)C[n+]2cc(Br)cc(Br)c2)cc1.[Br-]. The van der Waals surface area contributed by atoms with Crippen LogP contribution in [0.25, 0.3) is 0 Å². The molecule has 0 saturated carbocycles. The number of ketones is 1. The number of hydrogen-bond acceptors (Lipinski definition) is 2. The summed E-state index contributed by atoms with van der Waals surface area (Å²) in [5, 5.41) is 0. The normalized spacial score (nSPS) is 9.75. The van der Waals surface area contributed by atoms with Gasteiger partial charge in [-0.05, 0) is 62.2 Å². The molecule has 6 heteroatoms. The first kappa shape index (κ1) is 17.3. The van der Waals surface area contributed by atoms with Crippen molar-refractivity contribution in [2.45, 2.75) is 6.54 Å². The largest absolute Gasteiger partial charge is 1.00 e. The van der Waals surface area contributed by atoms with E-state index < -0.39 is 0 Å². The Balaban J connectivity index is 0.00000200. The third kappa shape index (κ3) is 4.68. The molecule has 1 aromatic heterocycles. The molecule has 0 aliphatic carbocycles. The monoisotopic (exact) mass is 463 g/mol. The molecule has 0 amide bonds. The van der Waals surface area contributed by atoms with Crippen LogP contribution in [0.1, 0.15) is 10.4 Å². The fourth-order valence-corrected chi connectivity index (χ4v) is 3.01. The Bertz CT molecular complexity index is 580. The third-order valence-corrected chi connectivity index (χ3v) is 3.46. The van der Waals surface area contributed by atoms with Gasteiger partial charge >= 0.3 is 0 Å². The quantitative estimate of drug-likeness (QED) is 0.483. The van der Waals surface area contributed by atoms with E-state index in [4.69, 9.17) is 4.74 Å². The zero-order valence-electron chi connectivity index (χ0n) is 10.6. The summed E-state index contributed by atoms with van der Waals surface area (Å²) in [7, 11) is 1.60. The van der Waals surface area contributed by atoms with Crippen LogP contribution in [0, 0.1) is 0 Å². The zero-order chi connectivity index (χ0) is 13.8. The summed E-state index contributed by atoms with van der Waals surface area (Å²) < 4.78 is 8.75. The molecule has 2 aromatic rings. The van der Waals surface area contributed by atoms with Crippen LogP contribution in [0.15, 0.2) is 51.7 Å². The second-order valence-electron chi connectivity index (χ2n) is 4.00. The summed E-state index contributed by atoms with van der Waals surface area (Å²) in [6, 6.07) is 9.04. The van der Waals surface area contributed by atoms with Gasteiger partial charge in [0.1, 0.15) is 5.75 Å². The van der Waals surface area contributed by atoms with Crippen LogP contribution >= 0.6 is 31.9 Å². The lowest BCUT2D eigenvalue weighted by atomic mass is 10.1. The first-order valence-corrected chi connectivity index (χ1v) is 7.19. The van der Waals surface area contributed by atoms with Gasteiger partial charge in [0, 0.05) is 5.56 Å². The number of aromatic nitrogens is 1. The lowest BCUT2D eigenvalue weighted by Gasteiger charge is -2.02. The van der Waals surface area contributed by atoms with E-state index in [1.54, 1.807) is 31.4 Å². The van der Waals surface area contributed by atoms with E-state index in [1.807, 2.05) is 23.0 Å². The Hall–Kier alpha value is -0.720. The number of benzene rings is 1. The maximum Gasteiger partial charge on any atom is 0.227 e. The molecule has 0 unspecified atom stereocenters. The van der Waals surface area contributed by atoms with Gasteiger partial charge < -0.3 is 21.7 Å². The molecule has 0 spiro atoms. The summed E-state index contributed by atoms with van der Waals surface area (Å²) >= 11 is 6.80. The van der Waals surface area contributed by atoms with Gasteiger partial charge in [0.25, 0.3) is 0 Å². The Morgan fingerprint density at radius 3 is 2.20 bits per heavy atom. The van der Waals surface area contributed by atoms with E-state index in [-0.39, 0.29) is 22.8 Å². The minimum absolute atomic E-state index is 0. The number of hydrogen-bond donors (Lipinski definition) is 0. The lowest BCUT2D eigenvalue weighted by Crippen LogP contribution is -3.00. The number of ether oxygens (including phenoxy) is 1. The van der Waals surface area contributed by atoms with Crippen molar-refractivity contribution < 1.29 is 31.1 Å². The molecular formula is C14H12Br3NO2. The highest BCUT2D eigenvalue weighted by Gasteiger charge is 2.13. The number of carbonyl (C=O) groups excluding carboxylic acids is 1. The average Bonchev–Trinajstić information content (AvgIpc) is 2.37. The second-order valence-corrected chi connectivity index (χ2v) is 5.83. The number of methoxy groups -OCH3 is 1. The van der Waals surface area contributed by atoms with Crippen LogP contribution in [-0.2, 0) is 6.54 Å². The number of Topliss-reactive ketones (excluding diaryl/α,β-unsaturated/α-hetero) is 1. The average molecular weight is 466 g/mol. The van der Waals surface area contributed by atoms with Gasteiger partial charge in [-0.3, -0.25) is 4.79 Å². The van der Waals surface area contributed by atoms with E-state index in [1.165, 1.54) is 0 Å². The molecular weight excluding hydrogens is 454 g/mol. The van der Waals surface area contributed by atoms with Gasteiger partial charge in [-0.15, -0.1) is 0 Å². The molecule has 0 aliphatic heterocycles. The van der Waals surface area contributed by atoms with Crippen LogP contribution in [0.2, 0.25) is 0 Å². The van der Waals surface area contributed by atoms with Crippen LogP contribution < -0.4 is 26.3 Å². The van der Waals surface area contributed by atoms with E-state index in [9.17, 15) is 4.79 Å². The number of rotatable bonds is 4. The molecule has 2 rings (SSSR count). The molecule has 0 fully saturated rings. The number of carbonyl (C=O) groups is 1. The molecule has 20 heavy (non-hydrogen) atoms. The van der Waals surface area contributed by atoms with Crippen LogP contribution in [0.4, 0.5) is 0 Å². The van der Waals surface area contributed by atoms with Crippen molar-refractivity contribution in [2.75, 3.05) is 7.11 Å². The number of nitrogens with zero attached hydrogens (tertiary/aromatic N) is 1. The summed E-state index contributed by atoms with van der Waals surface area (Å²) in [4.78, 5) is 12.1. The van der Waals surface area contributed by atoms with E-state index in [0.717, 1.165) is 14.7 Å². The van der Waals surface area contributed by atoms with Crippen molar-refractivity contribution in [3.8, 4) is 5.75 Å². The summed E-state index contributed by atoms with van der Waals surface area (Å²) in [6.45, 7) is 0.296. The van der Waals surface area contributed by atoms with Gasteiger partial charge in [0.15, 0.2) is 12.4 Å². The van der Waals surface area contributed by atoms with Crippen molar-refractivity contribution >= 4 is 37.6 Å². The molecule has 0 N–H and O–H groups in total. The molecule has 106 valence electrons. The van der Waals surface area contributed by atoms with Crippen LogP contribution in [0.3, 0.4) is 0 Å².